The van der Waals surface area contributed by atoms with Gasteiger partial charge in [-0.2, -0.15) is 0 Å². The molecule has 6 nitrogen and oxygen atoms in total. The molecule has 1 atom stereocenters. The van der Waals surface area contributed by atoms with Crippen LogP contribution in [0.25, 0.3) is 5.69 Å². The van der Waals surface area contributed by atoms with E-state index in [9.17, 15) is 4.79 Å². The molecule has 2 heterocycles. The molecule has 7 heteroatoms. The van der Waals surface area contributed by atoms with Gasteiger partial charge in [0.25, 0.3) is 5.56 Å². The standard InChI is InChI=1S/C17H22N4O2S/c1-12-15(19-17(24)18-11-14-9-6-10-23-14)16(22)21(20(12)2)13-7-4-3-5-8-13/h3-5,7-8,14H,6,9-11H2,1-2H3,(H2,18,19,24). The highest BCUT2D eigenvalue weighted by atomic mass is 32.1. The van der Waals surface area contributed by atoms with Gasteiger partial charge >= 0.3 is 0 Å². The lowest BCUT2D eigenvalue weighted by Gasteiger charge is -2.13. The molecule has 1 unspecified atom stereocenters. The van der Waals surface area contributed by atoms with E-state index in [-0.39, 0.29) is 11.7 Å². The molecule has 1 aromatic heterocycles. The van der Waals surface area contributed by atoms with Crippen LogP contribution in [0.4, 0.5) is 5.69 Å². The zero-order valence-corrected chi connectivity index (χ0v) is 14.7. The van der Waals surface area contributed by atoms with Crippen molar-refractivity contribution in [3.05, 3.63) is 46.4 Å². The molecule has 0 aliphatic carbocycles. The van der Waals surface area contributed by atoms with Crippen LogP contribution < -0.4 is 16.2 Å². The summed E-state index contributed by atoms with van der Waals surface area (Å²) in [6.45, 7) is 3.36. The van der Waals surface area contributed by atoms with Gasteiger partial charge in [0.2, 0.25) is 0 Å². The summed E-state index contributed by atoms with van der Waals surface area (Å²) < 4.78 is 9.01. The Balaban J connectivity index is 1.76. The number of benzene rings is 1. The van der Waals surface area contributed by atoms with Crippen molar-refractivity contribution in [2.45, 2.75) is 25.9 Å². The number of hydrogen-bond donors (Lipinski definition) is 2. The average molecular weight is 346 g/mol. The average Bonchev–Trinajstić information content (AvgIpc) is 3.17. The number of thiocarbonyl (C=S) groups is 1. The van der Waals surface area contributed by atoms with Crippen LogP contribution in [0.3, 0.4) is 0 Å². The first-order valence-corrected chi connectivity index (χ1v) is 8.49. The third-order valence-electron chi connectivity index (χ3n) is 4.31. The molecule has 2 N–H and O–H groups in total. The van der Waals surface area contributed by atoms with E-state index in [2.05, 4.69) is 10.6 Å². The Bertz CT molecular complexity index is 776. The highest BCUT2D eigenvalue weighted by molar-refractivity contribution is 7.80. The van der Waals surface area contributed by atoms with E-state index in [4.69, 9.17) is 17.0 Å². The van der Waals surface area contributed by atoms with E-state index < -0.39 is 0 Å². The molecule has 1 aliphatic rings. The summed E-state index contributed by atoms with van der Waals surface area (Å²) in [6, 6.07) is 9.54. The second-order valence-electron chi connectivity index (χ2n) is 5.91. The second kappa shape index (κ2) is 7.19. The third kappa shape index (κ3) is 3.37. The minimum atomic E-state index is -0.123. The Morgan fingerprint density at radius 2 is 2.12 bits per heavy atom. The van der Waals surface area contributed by atoms with Gasteiger partial charge in [-0.3, -0.25) is 9.48 Å². The number of nitrogens with one attached hydrogen (secondary N) is 2. The van der Waals surface area contributed by atoms with Gasteiger partial charge in [0.05, 0.1) is 17.5 Å². The molecule has 0 spiro atoms. The molecular weight excluding hydrogens is 324 g/mol. The van der Waals surface area contributed by atoms with Crippen LogP contribution in [0.5, 0.6) is 0 Å². The minimum absolute atomic E-state index is 0.123. The number of anilines is 1. The number of rotatable bonds is 4. The highest BCUT2D eigenvalue weighted by Crippen LogP contribution is 2.14. The number of hydrogen-bond acceptors (Lipinski definition) is 3. The van der Waals surface area contributed by atoms with Crippen molar-refractivity contribution < 1.29 is 4.74 Å². The lowest BCUT2D eigenvalue weighted by molar-refractivity contribution is 0.114. The maximum absolute atomic E-state index is 12.8. The quantitative estimate of drug-likeness (QED) is 0.829. The number of ether oxygens (including phenoxy) is 1. The van der Waals surface area contributed by atoms with Gasteiger partial charge in [0.1, 0.15) is 5.69 Å². The van der Waals surface area contributed by atoms with Crippen LogP contribution in [0.2, 0.25) is 0 Å². The summed E-state index contributed by atoms with van der Waals surface area (Å²) in [4.78, 5) is 12.8. The lowest BCUT2D eigenvalue weighted by atomic mass is 10.2. The molecule has 2 aromatic rings. The van der Waals surface area contributed by atoms with Crippen LogP contribution in [0.15, 0.2) is 35.1 Å². The molecular formula is C17H22N4O2S. The number of nitrogens with zero attached hydrogens (tertiary/aromatic N) is 2. The third-order valence-corrected chi connectivity index (χ3v) is 4.55. The van der Waals surface area contributed by atoms with Crippen molar-refractivity contribution >= 4 is 23.0 Å². The predicted molar refractivity (Wildman–Crippen MR) is 98.9 cm³/mol. The maximum Gasteiger partial charge on any atom is 0.295 e. The summed E-state index contributed by atoms with van der Waals surface area (Å²) in [5.74, 6) is 0. The van der Waals surface area contributed by atoms with Crippen LogP contribution >= 0.6 is 12.2 Å². The fourth-order valence-electron chi connectivity index (χ4n) is 2.88. The molecule has 0 radical (unpaired) electrons. The van der Waals surface area contributed by atoms with Crippen molar-refractivity contribution in [1.29, 1.82) is 0 Å². The van der Waals surface area contributed by atoms with E-state index in [1.165, 1.54) is 0 Å². The van der Waals surface area contributed by atoms with E-state index in [0.717, 1.165) is 30.8 Å². The molecule has 1 fully saturated rings. The van der Waals surface area contributed by atoms with Gasteiger partial charge < -0.3 is 15.4 Å². The van der Waals surface area contributed by atoms with Crippen molar-refractivity contribution in [3.63, 3.8) is 0 Å². The summed E-state index contributed by atoms with van der Waals surface area (Å²) in [5, 5.41) is 6.62. The fourth-order valence-corrected chi connectivity index (χ4v) is 3.07. The van der Waals surface area contributed by atoms with Gasteiger partial charge in [0, 0.05) is 20.2 Å². The topological polar surface area (TPSA) is 60.2 Å². The zero-order valence-electron chi connectivity index (χ0n) is 13.9. The molecule has 24 heavy (non-hydrogen) atoms. The van der Waals surface area contributed by atoms with Gasteiger partial charge in [-0.15, -0.1) is 0 Å². The van der Waals surface area contributed by atoms with Crippen molar-refractivity contribution in [2.75, 3.05) is 18.5 Å². The van der Waals surface area contributed by atoms with E-state index in [1.807, 2.05) is 49.0 Å². The lowest BCUT2D eigenvalue weighted by Crippen LogP contribution is -2.36. The molecule has 1 saturated heterocycles. The normalized spacial score (nSPS) is 17.0. The zero-order chi connectivity index (χ0) is 17.1. The SMILES string of the molecule is Cc1c(NC(=S)NCC2CCCO2)c(=O)n(-c2ccccc2)n1C. The first kappa shape index (κ1) is 16.7. The molecule has 0 amide bonds. The summed E-state index contributed by atoms with van der Waals surface area (Å²) >= 11 is 5.32. The van der Waals surface area contributed by atoms with Crippen molar-refractivity contribution in [2.24, 2.45) is 7.05 Å². The van der Waals surface area contributed by atoms with Crippen LogP contribution in [0.1, 0.15) is 18.5 Å². The summed E-state index contributed by atoms with van der Waals surface area (Å²) in [7, 11) is 1.86. The molecule has 128 valence electrons. The minimum Gasteiger partial charge on any atom is -0.376 e. The van der Waals surface area contributed by atoms with Gasteiger partial charge in [0.15, 0.2) is 5.11 Å². The Morgan fingerprint density at radius 1 is 1.38 bits per heavy atom. The highest BCUT2D eigenvalue weighted by Gasteiger charge is 2.18. The first-order valence-electron chi connectivity index (χ1n) is 8.08. The van der Waals surface area contributed by atoms with Crippen LogP contribution in [0, 0.1) is 6.92 Å². The van der Waals surface area contributed by atoms with E-state index >= 15 is 0 Å². The Hall–Kier alpha value is -2.12. The predicted octanol–water partition coefficient (Wildman–Crippen LogP) is 1.95. The maximum atomic E-state index is 12.8. The van der Waals surface area contributed by atoms with Gasteiger partial charge in [-0.25, -0.2) is 4.68 Å². The Kier molecular flexibility index (Phi) is 5.01. The van der Waals surface area contributed by atoms with Crippen LogP contribution in [-0.4, -0.2) is 33.7 Å². The van der Waals surface area contributed by atoms with Gasteiger partial charge in [-0.1, -0.05) is 18.2 Å². The molecule has 1 aliphatic heterocycles. The summed E-state index contributed by atoms with van der Waals surface area (Å²) in [6.07, 6.45) is 2.33. The number of aromatic nitrogens is 2. The smallest absolute Gasteiger partial charge is 0.295 e. The van der Waals surface area contributed by atoms with Crippen LogP contribution in [-0.2, 0) is 11.8 Å². The van der Waals surface area contributed by atoms with E-state index in [0.29, 0.717) is 17.3 Å². The molecule has 3 rings (SSSR count). The van der Waals surface area contributed by atoms with Crippen molar-refractivity contribution in [1.82, 2.24) is 14.7 Å². The largest absolute Gasteiger partial charge is 0.376 e. The Labute approximate surface area is 146 Å². The fraction of sp³-hybridized carbons (Fsp3) is 0.412. The molecule has 0 bridgehead atoms. The second-order valence-corrected chi connectivity index (χ2v) is 6.31. The first-order chi connectivity index (χ1) is 11.6. The van der Waals surface area contributed by atoms with Gasteiger partial charge in [-0.05, 0) is 44.1 Å². The molecule has 1 aromatic carbocycles. The number of para-hydroxylation sites is 1. The summed E-state index contributed by atoms with van der Waals surface area (Å²) in [5.41, 5.74) is 2.01. The van der Waals surface area contributed by atoms with E-state index in [1.54, 1.807) is 4.68 Å². The van der Waals surface area contributed by atoms with Crippen molar-refractivity contribution in [3.8, 4) is 5.69 Å². The monoisotopic (exact) mass is 346 g/mol. The molecule has 0 saturated carbocycles. The Morgan fingerprint density at radius 3 is 2.79 bits per heavy atom.